The van der Waals surface area contributed by atoms with Gasteiger partial charge < -0.3 is 9.42 Å². The maximum Gasteiger partial charge on any atom is 0.447 e. The Morgan fingerprint density at radius 1 is 0.795 bits per heavy atom. The van der Waals surface area contributed by atoms with Gasteiger partial charge in [0, 0.05) is 12.2 Å². The Morgan fingerprint density at radius 2 is 1.36 bits per heavy atom. The molecule has 232 valence electrons. The van der Waals surface area contributed by atoms with Crippen molar-refractivity contribution in [3.63, 3.8) is 0 Å². The summed E-state index contributed by atoms with van der Waals surface area (Å²) in [5, 5.41) is 0. The van der Waals surface area contributed by atoms with Crippen LogP contribution in [0.1, 0.15) is 36.7 Å². The number of anilines is 1. The minimum absolute atomic E-state index is 0.0188. The van der Waals surface area contributed by atoms with Gasteiger partial charge in [0.1, 0.15) is 5.82 Å². The number of hydrogen-bond acceptors (Lipinski definition) is 4. The van der Waals surface area contributed by atoms with E-state index in [2.05, 4.69) is 0 Å². The Kier molecular flexibility index (Phi) is 7.46. The molecule has 0 bridgehead atoms. The highest BCUT2D eigenvalue weighted by atomic mass is 19.4. The number of hydrogen-bond donors (Lipinski definition) is 0. The molecule has 0 saturated carbocycles. The molecular weight excluding hydrogens is 601 g/mol. The van der Waals surface area contributed by atoms with Crippen molar-refractivity contribution in [3.05, 3.63) is 116 Å². The van der Waals surface area contributed by atoms with Crippen molar-refractivity contribution in [1.82, 2.24) is 14.2 Å². The minimum Gasteiger partial charge on any atom is -0.315 e. The predicted octanol–water partition coefficient (Wildman–Crippen LogP) is 6.23. The van der Waals surface area contributed by atoms with E-state index in [-0.39, 0.29) is 24.2 Å². The average molecular weight is 625 g/mol. The molecule has 1 fully saturated rings. The third-order valence-corrected chi connectivity index (χ3v) is 7.42. The lowest BCUT2D eigenvalue weighted by Gasteiger charge is -2.34. The summed E-state index contributed by atoms with van der Waals surface area (Å²) in [6.45, 7) is 2.75. The molecule has 15 heteroatoms. The second-order valence-corrected chi connectivity index (χ2v) is 10.6. The third-order valence-electron chi connectivity index (χ3n) is 7.42. The monoisotopic (exact) mass is 624 g/mol. The molecule has 5 rings (SSSR count). The molecule has 1 atom stereocenters. The number of carbonyl (C=O) groups excluding carboxylic acids is 1. The number of urea groups is 1. The largest absolute Gasteiger partial charge is 0.447 e. The van der Waals surface area contributed by atoms with E-state index in [9.17, 15) is 45.1 Å². The Morgan fingerprint density at radius 3 is 1.95 bits per heavy atom. The number of halogens is 7. The smallest absolute Gasteiger partial charge is 0.315 e. The van der Waals surface area contributed by atoms with Gasteiger partial charge in [-0.25, -0.2) is 18.8 Å². The van der Waals surface area contributed by atoms with Crippen LogP contribution in [0.3, 0.4) is 0 Å². The summed E-state index contributed by atoms with van der Waals surface area (Å²) in [5.41, 5.74) is -5.61. The Hall–Kier alpha value is -4.82. The summed E-state index contributed by atoms with van der Waals surface area (Å²) in [4.78, 5) is 42.5. The summed E-state index contributed by atoms with van der Waals surface area (Å²) >= 11 is 0. The maximum atomic E-state index is 14.4. The maximum absolute atomic E-state index is 14.4. The fourth-order valence-electron chi connectivity index (χ4n) is 5.26. The lowest BCUT2D eigenvalue weighted by molar-refractivity contribution is -0.138. The molecule has 0 N–H and O–H groups in total. The van der Waals surface area contributed by atoms with Gasteiger partial charge in [0.15, 0.2) is 6.17 Å². The lowest BCUT2D eigenvalue weighted by Crippen LogP contribution is -2.47. The van der Waals surface area contributed by atoms with Crippen LogP contribution >= 0.6 is 0 Å². The van der Waals surface area contributed by atoms with Crippen LogP contribution in [0, 0.1) is 5.82 Å². The van der Waals surface area contributed by atoms with Gasteiger partial charge in [-0.3, -0.25) is 4.90 Å². The van der Waals surface area contributed by atoms with Crippen molar-refractivity contribution in [1.29, 1.82) is 0 Å². The van der Waals surface area contributed by atoms with E-state index in [0.29, 0.717) is 21.4 Å². The first kappa shape index (κ1) is 30.6. The molecule has 0 spiro atoms. The molecule has 0 unspecified atom stereocenters. The normalized spacial score (nSPS) is 17.0. The second kappa shape index (κ2) is 10.7. The van der Waals surface area contributed by atoms with Gasteiger partial charge in [0.25, 0.3) is 0 Å². The Bertz CT molecular complexity index is 1840. The molecule has 44 heavy (non-hydrogen) atoms. The zero-order chi connectivity index (χ0) is 32.2. The standard InChI is InChI=1S/C29H23F7N4O4/c1-27(2)23(40-25(42)39(26(43)44-40)21-11-6-9-19(16-21)29(34,35)36)38(20-10-5-8-18(15-20)28(31,32)33)24(41)37(27)14-13-17-7-3-4-12-22(17)30/h3-12,15-16,23H,13-14H2,1-2H3/t23-/m1/s1. The topological polar surface area (TPSA) is 80.7 Å². The van der Waals surface area contributed by atoms with Crippen LogP contribution in [0.15, 0.2) is 86.9 Å². The van der Waals surface area contributed by atoms with Crippen LogP contribution in [0.5, 0.6) is 0 Å². The zero-order valence-electron chi connectivity index (χ0n) is 23.0. The number of amides is 2. The van der Waals surface area contributed by atoms with Crippen molar-refractivity contribution < 1.29 is 40.1 Å². The number of alkyl halides is 6. The van der Waals surface area contributed by atoms with Crippen molar-refractivity contribution in [2.24, 2.45) is 0 Å². The lowest BCUT2D eigenvalue weighted by atomic mass is 9.99. The Balaban J connectivity index is 1.65. The molecule has 0 radical (unpaired) electrons. The first-order chi connectivity index (χ1) is 20.5. The van der Waals surface area contributed by atoms with Gasteiger partial charge in [-0.1, -0.05) is 30.3 Å². The quantitative estimate of drug-likeness (QED) is 0.238. The van der Waals surface area contributed by atoms with Gasteiger partial charge >= 0.3 is 29.8 Å². The van der Waals surface area contributed by atoms with Crippen molar-refractivity contribution in [2.75, 3.05) is 11.4 Å². The van der Waals surface area contributed by atoms with E-state index < -0.39 is 64.2 Å². The predicted molar refractivity (Wildman–Crippen MR) is 143 cm³/mol. The third kappa shape index (κ3) is 5.37. The number of benzene rings is 3. The van der Waals surface area contributed by atoms with Crippen LogP contribution in [0.4, 0.5) is 41.2 Å². The van der Waals surface area contributed by atoms with Crippen molar-refractivity contribution >= 4 is 11.7 Å². The summed E-state index contributed by atoms with van der Waals surface area (Å²) in [6.07, 6.45) is -11.2. The molecule has 1 saturated heterocycles. The average Bonchev–Trinajstić information content (AvgIpc) is 3.34. The molecule has 2 heterocycles. The zero-order valence-corrected chi connectivity index (χ0v) is 23.0. The van der Waals surface area contributed by atoms with Gasteiger partial charge in [0.05, 0.1) is 22.4 Å². The van der Waals surface area contributed by atoms with Gasteiger partial charge in [-0.15, -0.1) is 4.74 Å². The number of rotatable bonds is 6. The highest BCUT2D eigenvalue weighted by molar-refractivity contribution is 5.95. The molecule has 1 aromatic heterocycles. The van der Waals surface area contributed by atoms with Crippen LogP contribution in [0.2, 0.25) is 0 Å². The molecule has 2 amide bonds. The molecule has 3 aromatic carbocycles. The molecule has 1 aliphatic heterocycles. The first-order valence-electron chi connectivity index (χ1n) is 13.1. The van der Waals surface area contributed by atoms with E-state index >= 15 is 0 Å². The van der Waals surface area contributed by atoms with Gasteiger partial charge in [0.2, 0.25) is 0 Å². The number of carbonyl (C=O) groups is 1. The van der Waals surface area contributed by atoms with Crippen LogP contribution in [-0.2, 0) is 18.8 Å². The molecule has 0 aliphatic carbocycles. The summed E-state index contributed by atoms with van der Waals surface area (Å²) in [6, 6.07) is 11.9. The highest BCUT2D eigenvalue weighted by Gasteiger charge is 2.55. The van der Waals surface area contributed by atoms with Gasteiger partial charge in [-0.2, -0.15) is 30.9 Å². The van der Waals surface area contributed by atoms with E-state index in [1.165, 1.54) is 43.0 Å². The molecule has 4 aromatic rings. The van der Waals surface area contributed by atoms with E-state index in [4.69, 9.17) is 4.52 Å². The van der Waals surface area contributed by atoms with Gasteiger partial charge in [-0.05, 0) is 68.3 Å². The van der Waals surface area contributed by atoms with Crippen LogP contribution < -0.4 is 16.3 Å². The van der Waals surface area contributed by atoms with E-state index in [1.807, 2.05) is 0 Å². The summed E-state index contributed by atoms with van der Waals surface area (Å²) in [5.74, 6) is -1.95. The Labute approximate surface area is 244 Å². The number of aromatic nitrogens is 2. The first-order valence-corrected chi connectivity index (χ1v) is 13.1. The molecule has 1 aliphatic rings. The van der Waals surface area contributed by atoms with Crippen molar-refractivity contribution in [2.45, 2.75) is 44.3 Å². The van der Waals surface area contributed by atoms with E-state index in [0.717, 1.165) is 35.2 Å². The van der Waals surface area contributed by atoms with Crippen molar-refractivity contribution in [3.8, 4) is 5.69 Å². The fourth-order valence-corrected chi connectivity index (χ4v) is 5.26. The fraction of sp³-hybridized carbons (Fsp3) is 0.276. The SMILES string of the molecule is CC1(C)[C@@H](n2oc(=O)n(-c3cccc(C(F)(F)F)c3)c2=O)N(c2cccc(C(F)(F)F)c2)C(=O)N1CCc1ccccc1F. The second-order valence-electron chi connectivity index (χ2n) is 10.6. The van der Waals surface area contributed by atoms with E-state index in [1.54, 1.807) is 6.07 Å². The summed E-state index contributed by atoms with van der Waals surface area (Å²) < 4.78 is 101. The summed E-state index contributed by atoms with van der Waals surface area (Å²) in [7, 11) is 0. The highest BCUT2D eigenvalue weighted by Crippen LogP contribution is 2.43. The molecular formula is C29H23F7N4O4. The van der Waals surface area contributed by atoms with Crippen LogP contribution in [-0.4, -0.2) is 32.3 Å². The minimum atomic E-state index is -4.80. The number of nitrogens with zero attached hydrogens (tertiary/aromatic N) is 4. The molecule has 8 nitrogen and oxygen atoms in total. The van der Waals surface area contributed by atoms with Crippen LogP contribution in [0.25, 0.3) is 5.69 Å².